The van der Waals surface area contributed by atoms with Crippen LogP contribution < -0.4 is 15.4 Å². The molecule has 1 unspecified atom stereocenters. The third-order valence-corrected chi connectivity index (χ3v) is 8.41. The van der Waals surface area contributed by atoms with E-state index in [1.807, 2.05) is 18.2 Å². The molecule has 45 heavy (non-hydrogen) atoms. The van der Waals surface area contributed by atoms with Gasteiger partial charge in [-0.2, -0.15) is 4.80 Å². The van der Waals surface area contributed by atoms with Crippen LogP contribution in [-0.4, -0.2) is 91.0 Å². The first-order valence-corrected chi connectivity index (χ1v) is 15.4. The van der Waals surface area contributed by atoms with E-state index in [0.717, 1.165) is 19.3 Å². The van der Waals surface area contributed by atoms with Crippen LogP contribution in [0.3, 0.4) is 0 Å². The van der Waals surface area contributed by atoms with Crippen LogP contribution in [0.5, 0.6) is 5.75 Å². The van der Waals surface area contributed by atoms with E-state index in [-0.39, 0.29) is 25.3 Å². The van der Waals surface area contributed by atoms with Crippen LogP contribution in [0, 0.1) is 5.92 Å². The Hall–Kier alpha value is -4.49. The van der Waals surface area contributed by atoms with Crippen molar-refractivity contribution in [2.45, 2.75) is 95.0 Å². The Balaban J connectivity index is 1.44. The highest BCUT2D eigenvalue weighted by Gasteiger charge is 2.61. The first-order valence-electron chi connectivity index (χ1n) is 15.4. The number of aromatic nitrogens is 4. The summed E-state index contributed by atoms with van der Waals surface area (Å²) in [5.41, 5.74) is -1.52. The molecule has 0 radical (unpaired) electrons. The van der Waals surface area contributed by atoms with E-state index in [2.05, 4.69) is 26.0 Å². The largest absolute Gasteiger partial charge is 0.497 e. The fraction of sp³-hybridized carbons (Fsp3) is 0.581. The summed E-state index contributed by atoms with van der Waals surface area (Å²) >= 11 is 0. The lowest BCUT2D eigenvalue weighted by atomic mass is 10.0. The van der Waals surface area contributed by atoms with Gasteiger partial charge in [-0.3, -0.25) is 9.59 Å². The van der Waals surface area contributed by atoms with Crippen molar-refractivity contribution in [2.75, 3.05) is 13.7 Å². The van der Waals surface area contributed by atoms with Crippen LogP contribution >= 0.6 is 0 Å². The van der Waals surface area contributed by atoms with Crippen LogP contribution in [0.15, 0.2) is 36.4 Å². The van der Waals surface area contributed by atoms with E-state index in [9.17, 15) is 24.3 Å². The Bertz CT molecular complexity index is 1470. The van der Waals surface area contributed by atoms with Crippen molar-refractivity contribution in [1.29, 1.82) is 0 Å². The molecule has 1 aromatic heterocycles. The van der Waals surface area contributed by atoms with Crippen LogP contribution in [-0.2, 0) is 19.1 Å². The summed E-state index contributed by atoms with van der Waals surface area (Å²) in [7, 11) is 1.56. The zero-order chi connectivity index (χ0) is 32.4. The number of tetrazole rings is 1. The second-order valence-corrected chi connectivity index (χ2v) is 12.9. The minimum Gasteiger partial charge on any atom is -0.497 e. The first kappa shape index (κ1) is 31.9. The molecule has 5 rings (SSSR count). The molecule has 242 valence electrons. The van der Waals surface area contributed by atoms with Gasteiger partial charge in [0.25, 0.3) is 0 Å². The lowest BCUT2D eigenvalue weighted by Crippen LogP contribution is -2.56. The van der Waals surface area contributed by atoms with Gasteiger partial charge >= 0.3 is 12.1 Å². The number of carbonyl (C=O) groups is 4. The van der Waals surface area contributed by atoms with Crippen molar-refractivity contribution in [3.8, 4) is 17.1 Å². The fourth-order valence-electron chi connectivity index (χ4n) is 5.95. The van der Waals surface area contributed by atoms with Gasteiger partial charge in [-0.1, -0.05) is 37.1 Å². The summed E-state index contributed by atoms with van der Waals surface area (Å²) in [6.45, 7) is 5.26. The molecule has 3 N–H and O–H groups in total. The molecule has 14 heteroatoms. The van der Waals surface area contributed by atoms with Crippen molar-refractivity contribution >= 4 is 23.9 Å². The lowest BCUT2D eigenvalue weighted by molar-refractivity contribution is -0.145. The van der Waals surface area contributed by atoms with E-state index < -0.39 is 53.1 Å². The number of methoxy groups -OCH3 is 1. The summed E-state index contributed by atoms with van der Waals surface area (Å²) in [5.74, 6) is -1.52. The Morgan fingerprint density at radius 1 is 1.18 bits per heavy atom. The number of nitrogens with one attached hydrogen (secondary N) is 2. The average molecular weight is 624 g/mol. The Morgan fingerprint density at radius 2 is 1.98 bits per heavy atom. The lowest BCUT2D eigenvalue weighted by Gasteiger charge is -2.30. The van der Waals surface area contributed by atoms with Gasteiger partial charge in [0, 0.05) is 24.4 Å². The molecule has 2 aromatic rings. The van der Waals surface area contributed by atoms with E-state index in [4.69, 9.17) is 9.47 Å². The van der Waals surface area contributed by atoms with E-state index in [1.54, 1.807) is 46.1 Å². The number of ether oxygens (including phenoxy) is 2. The summed E-state index contributed by atoms with van der Waals surface area (Å²) in [6, 6.07) is 4.69. The van der Waals surface area contributed by atoms with Gasteiger partial charge in [0.1, 0.15) is 29.0 Å². The van der Waals surface area contributed by atoms with Crippen molar-refractivity contribution in [3.05, 3.63) is 36.4 Å². The van der Waals surface area contributed by atoms with Gasteiger partial charge in [-0.25, -0.2) is 9.59 Å². The zero-order valence-corrected chi connectivity index (χ0v) is 26.1. The number of hydrogen-bond donors (Lipinski definition) is 3. The van der Waals surface area contributed by atoms with Crippen LogP contribution in [0.4, 0.5) is 4.79 Å². The topological polar surface area (TPSA) is 178 Å². The Kier molecular flexibility index (Phi) is 9.12. The SMILES string of the molecule is COc1cccc(-c2nnn(C3C[C@H]4C(=O)N[C@@]5(C(=O)O)C[C@H]5/C=C\CCCCC[C@@H](NC(=O)OC(C)(C)C)C(=O)N4C3)n2)c1. The van der Waals surface area contributed by atoms with Gasteiger partial charge in [-0.05, 0) is 63.8 Å². The van der Waals surface area contributed by atoms with E-state index >= 15 is 0 Å². The molecular weight excluding hydrogens is 582 g/mol. The maximum Gasteiger partial charge on any atom is 0.408 e. The normalized spacial score (nSPS) is 28.0. The molecule has 3 aliphatic rings. The second kappa shape index (κ2) is 12.9. The number of allylic oxidation sites excluding steroid dienone is 1. The predicted molar refractivity (Wildman–Crippen MR) is 161 cm³/mol. The maximum atomic E-state index is 14.2. The summed E-state index contributed by atoms with van der Waals surface area (Å²) in [4.78, 5) is 55.9. The number of carbonyl (C=O) groups excluding carboxylic acids is 3. The minimum atomic E-state index is -1.43. The maximum absolute atomic E-state index is 14.2. The molecule has 1 saturated heterocycles. The Morgan fingerprint density at radius 3 is 2.71 bits per heavy atom. The highest BCUT2D eigenvalue weighted by molar-refractivity contribution is 5.96. The van der Waals surface area contributed by atoms with Crippen LogP contribution in [0.2, 0.25) is 0 Å². The average Bonchev–Trinajstić information content (AvgIpc) is 3.31. The summed E-state index contributed by atoms with van der Waals surface area (Å²) < 4.78 is 10.7. The highest BCUT2D eigenvalue weighted by atomic mass is 16.6. The van der Waals surface area contributed by atoms with Gasteiger partial charge in [0.2, 0.25) is 17.6 Å². The second-order valence-electron chi connectivity index (χ2n) is 12.9. The van der Waals surface area contributed by atoms with Gasteiger partial charge in [-0.15, -0.1) is 10.2 Å². The van der Waals surface area contributed by atoms with Gasteiger partial charge in [0.15, 0.2) is 0 Å². The van der Waals surface area contributed by atoms with Crippen molar-refractivity contribution in [1.82, 2.24) is 35.7 Å². The molecule has 1 aliphatic carbocycles. The quantitative estimate of drug-likeness (QED) is 0.420. The molecule has 1 aromatic carbocycles. The number of rotatable bonds is 5. The third kappa shape index (κ3) is 7.26. The molecular formula is C31H41N7O7. The number of fused-ring (bicyclic) bond motifs is 2. The number of carboxylic acid groups (broad SMARTS) is 1. The number of nitrogens with zero attached hydrogens (tertiary/aromatic N) is 5. The number of alkyl carbamates (subject to hydrolysis) is 1. The van der Waals surface area contributed by atoms with Crippen molar-refractivity contribution in [2.24, 2.45) is 5.92 Å². The number of hydrogen-bond acceptors (Lipinski definition) is 9. The Labute approximate surface area is 261 Å². The molecule has 3 amide bonds. The molecule has 14 nitrogen and oxygen atoms in total. The van der Waals surface area contributed by atoms with Crippen molar-refractivity contribution in [3.63, 3.8) is 0 Å². The number of benzene rings is 1. The standard InChI is InChI=1S/C31H41N7O7/c1-30(2,3)45-29(43)32-23-14-9-7-5-6-8-12-20-17-31(20,28(41)42)33-26(39)24-16-21(18-37(24)27(23)40)38-35-25(34-36-38)19-11-10-13-22(15-19)44-4/h8,10-13,15,20-21,23-24H,5-7,9,14,16-18H2,1-4H3,(H,32,43)(H,33,39)(H,41,42)/b12-8-/t20-,21?,23-,24+,31+/m1/s1. The molecule has 0 spiro atoms. The van der Waals surface area contributed by atoms with Crippen molar-refractivity contribution < 1.29 is 33.8 Å². The number of aliphatic carboxylic acids is 1. The monoisotopic (exact) mass is 623 g/mol. The van der Waals surface area contributed by atoms with Gasteiger partial charge < -0.3 is 30.1 Å². The van der Waals surface area contributed by atoms with Crippen LogP contribution in [0.1, 0.15) is 71.8 Å². The number of carboxylic acids is 1. The summed E-state index contributed by atoms with van der Waals surface area (Å²) in [6.07, 6.45) is 6.88. The zero-order valence-electron chi connectivity index (χ0n) is 26.1. The first-order chi connectivity index (χ1) is 21.4. The highest BCUT2D eigenvalue weighted by Crippen LogP contribution is 2.45. The molecule has 2 aliphatic heterocycles. The molecule has 1 saturated carbocycles. The molecule has 5 atom stereocenters. The molecule has 3 heterocycles. The molecule has 0 bridgehead atoms. The van der Waals surface area contributed by atoms with Crippen LogP contribution in [0.25, 0.3) is 11.4 Å². The number of amides is 3. The predicted octanol–water partition coefficient (Wildman–Crippen LogP) is 2.86. The minimum absolute atomic E-state index is 0.0563. The smallest absolute Gasteiger partial charge is 0.408 e. The third-order valence-electron chi connectivity index (χ3n) is 8.41. The molecule has 2 fully saturated rings. The fourth-order valence-corrected chi connectivity index (χ4v) is 5.95. The van der Waals surface area contributed by atoms with Gasteiger partial charge in [0.05, 0.1) is 13.2 Å². The van der Waals surface area contributed by atoms with E-state index in [0.29, 0.717) is 30.0 Å². The summed E-state index contributed by atoms with van der Waals surface area (Å²) in [5, 5.41) is 28.5. The van der Waals surface area contributed by atoms with E-state index in [1.165, 1.54) is 9.70 Å².